The highest BCUT2D eigenvalue weighted by atomic mass is 16.2. The molecule has 0 spiro atoms. The van der Waals surface area contributed by atoms with Gasteiger partial charge in [-0.3, -0.25) is 9.79 Å². The molecule has 1 heterocycles. The summed E-state index contributed by atoms with van der Waals surface area (Å²) < 4.78 is 0. The number of rotatable bonds is 5. The molecule has 1 unspecified atom stereocenters. The second-order valence-electron chi connectivity index (χ2n) is 6.00. The Bertz CT molecular complexity index is 740. The molecule has 2 aromatic rings. The SMILES string of the molecule is CCCCCN1C(=O)C(N)N=C(c2ccccc2)c2ccccc21. The second kappa shape index (κ2) is 7.41. The Labute approximate surface area is 143 Å². The van der Waals surface area contributed by atoms with Gasteiger partial charge in [-0.05, 0) is 12.5 Å². The lowest BCUT2D eigenvalue weighted by molar-refractivity contribution is -0.119. The highest BCUT2D eigenvalue weighted by Crippen LogP contribution is 2.28. The van der Waals surface area contributed by atoms with Crippen LogP contribution in [-0.4, -0.2) is 24.3 Å². The van der Waals surface area contributed by atoms with E-state index in [4.69, 9.17) is 5.73 Å². The number of carbonyl (C=O) groups is 1. The zero-order valence-corrected chi connectivity index (χ0v) is 14.0. The van der Waals surface area contributed by atoms with Gasteiger partial charge in [0.2, 0.25) is 0 Å². The van der Waals surface area contributed by atoms with Gasteiger partial charge < -0.3 is 10.6 Å². The maximum absolute atomic E-state index is 12.8. The van der Waals surface area contributed by atoms with Crippen molar-refractivity contribution in [1.29, 1.82) is 0 Å². The van der Waals surface area contributed by atoms with E-state index < -0.39 is 6.17 Å². The molecule has 1 aliphatic rings. The van der Waals surface area contributed by atoms with E-state index in [9.17, 15) is 4.79 Å². The summed E-state index contributed by atoms with van der Waals surface area (Å²) in [7, 11) is 0. The van der Waals surface area contributed by atoms with E-state index in [-0.39, 0.29) is 5.91 Å². The first-order valence-electron chi connectivity index (χ1n) is 8.52. The minimum atomic E-state index is -0.866. The van der Waals surface area contributed by atoms with Gasteiger partial charge in [0.05, 0.1) is 11.4 Å². The summed E-state index contributed by atoms with van der Waals surface area (Å²) >= 11 is 0. The lowest BCUT2D eigenvalue weighted by Crippen LogP contribution is -2.42. The maximum atomic E-state index is 12.8. The van der Waals surface area contributed by atoms with Gasteiger partial charge in [-0.2, -0.15) is 0 Å². The molecule has 2 N–H and O–H groups in total. The molecule has 1 aliphatic heterocycles. The summed E-state index contributed by atoms with van der Waals surface area (Å²) in [6.07, 6.45) is 2.30. The Balaban J connectivity index is 2.07. The normalized spacial score (nSPS) is 17.2. The quantitative estimate of drug-likeness (QED) is 0.859. The number of nitrogens with zero attached hydrogens (tertiary/aromatic N) is 2. The van der Waals surface area contributed by atoms with Crippen molar-refractivity contribution in [3.63, 3.8) is 0 Å². The fraction of sp³-hybridized carbons (Fsp3) is 0.300. The largest absolute Gasteiger partial charge is 0.309 e. The number of benzodiazepines with no additional fused rings is 1. The van der Waals surface area contributed by atoms with Crippen LogP contribution in [0.1, 0.15) is 37.3 Å². The molecule has 0 saturated carbocycles. The average Bonchev–Trinajstić information content (AvgIpc) is 2.73. The Morgan fingerprint density at radius 2 is 1.75 bits per heavy atom. The van der Waals surface area contributed by atoms with Crippen LogP contribution < -0.4 is 10.6 Å². The molecular weight excluding hydrogens is 298 g/mol. The zero-order valence-electron chi connectivity index (χ0n) is 14.0. The number of hydrogen-bond donors (Lipinski definition) is 1. The van der Waals surface area contributed by atoms with Gasteiger partial charge in [0.15, 0.2) is 6.17 Å². The molecule has 0 saturated heterocycles. The first kappa shape index (κ1) is 16.4. The summed E-state index contributed by atoms with van der Waals surface area (Å²) in [5.41, 5.74) is 9.72. The van der Waals surface area contributed by atoms with Crippen molar-refractivity contribution >= 4 is 17.3 Å². The molecule has 124 valence electrons. The van der Waals surface area contributed by atoms with Crippen molar-refractivity contribution in [1.82, 2.24) is 0 Å². The van der Waals surface area contributed by atoms with E-state index in [0.29, 0.717) is 6.54 Å². The van der Waals surface area contributed by atoms with Crippen LogP contribution in [0.25, 0.3) is 0 Å². The molecule has 4 nitrogen and oxygen atoms in total. The van der Waals surface area contributed by atoms with Gasteiger partial charge in [0.25, 0.3) is 5.91 Å². The molecule has 1 atom stereocenters. The third kappa shape index (κ3) is 3.24. The molecule has 0 bridgehead atoms. The molecule has 3 rings (SSSR count). The van der Waals surface area contributed by atoms with E-state index in [1.807, 2.05) is 54.6 Å². The predicted octanol–water partition coefficient (Wildman–Crippen LogP) is 3.35. The van der Waals surface area contributed by atoms with E-state index in [2.05, 4.69) is 11.9 Å². The van der Waals surface area contributed by atoms with Crippen molar-refractivity contribution in [2.45, 2.75) is 32.4 Å². The van der Waals surface area contributed by atoms with Gasteiger partial charge in [-0.25, -0.2) is 0 Å². The summed E-state index contributed by atoms with van der Waals surface area (Å²) in [5, 5.41) is 0. The topological polar surface area (TPSA) is 58.7 Å². The molecular formula is C20H23N3O. The molecule has 0 fully saturated rings. The van der Waals surface area contributed by atoms with Crippen LogP contribution in [0.3, 0.4) is 0 Å². The summed E-state index contributed by atoms with van der Waals surface area (Å²) in [6.45, 7) is 2.83. The maximum Gasteiger partial charge on any atom is 0.266 e. The Hall–Kier alpha value is -2.46. The lowest BCUT2D eigenvalue weighted by Gasteiger charge is -2.24. The fourth-order valence-electron chi connectivity index (χ4n) is 3.03. The number of nitrogens with two attached hydrogens (primary N) is 1. The van der Waals surface area contributed by atoms with Crippen LogP contribution >= 0.6 is 0 Å². The molecule has 0 radical (unpaired) electrons. The van der Waals surface area contributed by atoms with E-state index in [1.54, 1.807) is 4.90 Å². The van der Waals surface area contributed by atoms with Crippen LogP contribution in [0, 0.1) is 0 Å². The fourth-order valence-corrected chi connectivity index (χ4v) is 3.03. The Morgan fingerprint density at radius 3 is 2.50 bits per heavy atom. The smallest absolute Gasteiger partial charge is 0.266 e. The van der Waals surface area contributed by atoms with Crippen molar-refractivity contribution in [3.05, 3.63) is 65.7 Å². The number of hydrogen-bond acceptors (Lipinski definition) is 3. The van der Waals surface area contributed by atoms with E-state index >= 15 is 0 Å². The third-order valence-electron chi connectivity index (χ3n) is 4.27. The number of fused-ring (bicyclic) bond motifs is 1. The van der Waals surface area contributed by atoms with Gasteiger partial charge >= 0.3 is 0 Å². The van der Waals surface area contributed by atoms with Crippen molar-refractivity contribution in [3.8, 4) is 0 Å². The van der Waals surface area contributed by atoms with Crippen molar-refractivity contribution in [2.24, 2.45) is 10.7 Å². The molecule has 4 heteroatoms. The Morgan fingerprint density at radius 1 is 1.04 bits per heavy atom. The first-order chi connectivity index (χ1) is 11.7. The molecule has 0 aliphatic carbocycles. The van der Waals surface area contributed by atoms with E-state index in [0.717, 1.165) is 41.8 Å². The number of aliphatic imine (C=N–C) groups is 1. The number of unbranched alkanes of at least 4 members (excludes halogenated alkanes) is 2. The monoisotopic (exact) mass is 321 g/mol. The summed E-state index contributed by atoms with van der Waals surface area (Å²) in [6, 6.07) is 17.8. The number of amides is 1. The second-order valence-corrected chi connectivity index (χ2v) is 6.00. The predicted molar refractivity (Wildman–Crippen MR) is 98.4 cm³/mol. The van der Waals surface area contributed by atoms with Crippen molar-refractivity contribution in [2.75, 3.05) is 11.4 Å². The van der Waals surface area contributed by atoms with Crippen LogP contribution in [0.4, 0.5) is 5.69 Å². The highest BCUT2D eigenvalue weighted by Gasteiger charge is 2.29. The number of para-hydroxylation sites is 1. The highest BCUT2D eigenvalue weighted by molar-refractivity contribution is 6.20. The van der Waals surface area contributed by atoms with Gasteiger partial charge in [-0.15, -0.1) is 0 Å². The number of benzene rings is 2. The van der Waals surface area contributed by atoms with Gasteiger partial charge in [-0.1, -0.05) is 68.3 Å². The number of anilines is 1. The standard InChI is InChI=1S/C20H23N3O/c1-2-3-9-14-23-17-13-8-7-12-16(17)18(22-19(21)20(23)24)15-10-5-4-6-11-15/h4-8,10-13,19H,2-3,9,14,21H2,1H3. The minimum absolute atomic E-state index is 0.135. The molecule has 0 aromatic heterocycles. The molecule has 24 heavy (non-hydrogen) atoms. The van der Waals surface area contributed by atoms with Crippen LogP contribution in [0.15, 0.2) is 59.6 Å². The van der Waals surface area contributed by atoms with Gasteiger partial charge in [0.1, 0.15) is 0 Å². The van der Waals surface area contributed by atoms with E-state index in [1.165, 1.54) is 0 Å². The molecule has 1 amide bonds. The van der Waals surface area contributed by atoms with Crippen LogP contribution in [0.5, 0.6) is 0 Å². The summed E-state index contributed by atoms with van der Waals surface area (Å²) in [5.74, 6) is -0.135. The minimum Gasteiger partial charge on any atom is -0.309 e. The first-order valence-corrected chi connectivity index (χ1v) is 8.52. The Kier molecular flexibility index (Phi) is 5.06. The van der Waals surface area contributed by atoms with Crippen LogP contribution in [0.2, 0.25) is 0 Å². The zero-order chi connectivity index (χ0) is 16.9. The average molecular weight is 321 g/mol. The summed E-state index contributed by atoms with van der Waals surface area (Å²) in [4.78, 5) is 19.1. The lowest BCUT2D eigenvalue weighted by atomic mass is 10.00. The van der Waals surface area contributed by atoms with Crippen LogP contribution in [-0.2, 0) is 4.79 Å². The van der Waals surface area contributed by atoms with Crippen molar-refractivity contribution < 1.29 is 4.79 Å². The third-order valence-corrected chi connectivity index (χ3v) is 4.27. The molecule has 2 aromatic carbocycles. The van der Waals surface area contributed by atoms with Gasteiger partial charge in [0, 0.05) is 17.7 Å². The number of carbonyl (C=O) groups excluding carboxylic acids is 1.